The van der Waals surface area contributed by atoms with Crippen molar-refractivity contribution in [3.05, 3.63) is 61.5 Å². The topological polar surface area (TPSA) is 29.1 Å². The molecule has 0 saturated carbocycles. The molecule has 4 heteroatoms. The zero-order chi connectivity index (χ0) is 14.9. The molecule has 0 aliphatic carbocycles. The minimum absolute atomic E-state index is 0.0801. The van der Waals surface area contributed by atoms with Crippen LogP contribution in [0.1, 0.15) is 27.0 Å². The van der Waals surface area contributed by atoms with E-state index in [9.17, 15) is 4.79 Å². The van der Waals surface area contributed by atoms with Crippen LogP contribution in [0, 0.1) is 20.8 Å². The number of rotatable bonds is 2. The number of hydrogen-bond donors (Lipinski definition) is 1. The molecule has 20 heavy (non-hydrogen) atoms. The van der Waals surface area contributed by atoms with E-state index in [1.807, 2.05) is 51.1 Å². The molecule has 0 atom stereocenters. The lowest BCUT2D eigenvalue weighted by Gasteiger charge is -2.13. The molecule has 0 saturated heterocycles. The predicted octanol–water partition coefficient (Wildman–Crippen LogP) is 5.39. The highest BCUT2D eigenvalue weighted by Crippen LogP contribution is 2.26. The van der Waals surface area contributed by atoms with E-state index in [2.05, 4.69) is 37.2 Å². The molecule has 0 aromatic heterocycles. The SMILES string of the molecule is Cc1cc(Br)ccc1C(=O)Nc1c(C)cc(Br)cc1C. The number of benzene rings is 2. The molecule has 2 aromatic carbocycles. The van der Waals surface area contributed by atoms with Crippen molar-refractivity contribution in [3.8, 4) is 0 Å². The first-order chi connectivity index (χ1) is 9.38. The summed E-state index contributed by atoms with van der Waals surface area (Å²) >= 11 is 6.87. The Labute approximate surface area is 135 Å². The molecule has 0 heterocycles. The van der Waals surface area contributed by atoms with E-state index in [1.54, 1.807) is 0 Å². The number of amides is 1. The van der Waals surface area contributed by atoms with Crippen LogP contribution in [0.4, 0.5) is 5.69 Å². The van der Waals surface area contributed by atoms with Crippen molar-refractivity contribution in [3.63, 3.8) is 0 Å². The summed E-state index contributed by atoms with van der Waals surface area (Å²) in [4.78, 5) is 12.4. The Balaban J connectivity index is 2.33. The van der Waals surface area contributed by atoms with Crippen LogP contribution in [-0.2, 0) is 0 Å². The molecule has 1 amide bonds. The van der Waals surface area contributed by atoms with Crippen molar-refractivity contribution in [2.75, 3.05) is 5.32 Å². The van der Waals surface area contributed by atoms with Crippen molar-refractivity contribution in [1.29, 1.82) is 0 Å². The van der Waals surface area contributed by atoms with E-state index >= 15 is 0 Å². The molecule has 0 fully saturated rings. The Morgan fingerprint density at radius 2 is 1.45 bits per heavy atom. The number of hydrogen-bond acceptors (Lipinski definition) is 1. The number of carbonyl (C=O) groups is 1. The smallest absolute Gasteiger partial charge is 0.255 e. The van der Waals surface area contributed by atoms with Gasteiger partial charge in [0.05, 0.1) is 0 Å². The van der Waals surface area contributed by atoms with Crippen LogP contribution >= 0.6 is 31.9 Å². The molecule has 2 nitrogen and oxygen atoms in total. The van der Waals surface area contributed by atoms with Gasteiger partial charge in [0.2, 0.25) is 0 Å². The second-order valence-corrected chi connectivity index (χ2v) is 6.66. The van der Waals surface area contributed by atoms with Crippen molar-refractivity contribution < 1.29 is 4.79 Å². The lowest BCUT2D eigenvalue weighted by Crippen LogP contribution is -2.15. The van der Waals surface area contributed by atoms with Crippen molar-refractivity contribution in [2.45, 2.75) is 20.8 Å². The Kier molecular flexibility index (Phi) is 4.66. The average molecular weight is 397 g/mol. The molecule has 0 unspecified atom stereocenters. The number of carbonyl (C=O) groups excluding carboxylic acids is 1. The maximum absolute atomic E-state index is 12.4. The fraction of sp³-hybridized carbons (Fsp3) is 0.188. The molecule has 1 N–H and O–H groups in total. The Hall–Kier alpha value is -1.13. The van der Waals surface area contributed by atoms with Crippen LogP contribution in [0.15, 0.2) is 39.3 Å². The van der Waals surface area contributed by atoms with Gasteiger partial charge < -0.3 is 5.32 Å². The summed E-state index contributed by atoms with van der Waals surface area (Å²) in [5.41, 5.74) is 4.60. The van der Waals surface area contributed by atoms with Gasteiger partial charge in [-0.25, -0.2) is 0 Å². The summed E-state index contributed by atoms with van der Waals surface area (Å²) in [7, 11) is 0. The number of halogens is 2. The van der Waals surface area contributed by atoms with Crippen molar-refractivity contribution >= 4 is 43.5 Å². The maximum Gasteiger partial charge on any atom is 0.255 e. The maximum atomic E-state index is 12.4. The number of nitrogens with one attached hydrogen (secondary N) is 1. The van der Waals surface area contributed by atoms with Gasteiger partial charge in [-0.2, -0.15) is 0 Å². The zero-order valence-corrected chi connectivity index (χ0v) is 14.7. The summed E-state index contributed by atoms with van der Waals surface area (Å²) in [6, 6.07) is 9.64. The summed E-state index contributed by atoms with van der Waals surface area (Å²) < 4.78 is 1.99. The van der Waals surface area contributed by atoms with E-state index in [0.29, 0.717) is 5.56 Å². The second-order valence-electron chi connectivity index (χ2n) is 4.83. The first-order valence-electron chi connectivity index (χ1n) is 6.22. The summed E-state index contributed by atoms with van der Waals surface area (Å²) in [6.45, 7) is 5.91. The van der Waals surface area contributed by atoms with E-state index < -0.39 is 0 Å². The first kappa shape index (κ1) is 15.3. The molecule has 0 bridgehead atoms. The van der Waals surface area contributed by atoms with Gasteiger partial charge in [0.1, 0.15) is 0 Å². The van der Waals surface area contributed by atoms with Crippen molar-refractivity contribution in [2.24, 2.45) is 0 Å². The van der Waals surface area contributed by atoms with Gasteiger partial charge in [-0.1, -0.05) is 31.9 Å². The quantitative estimate of drug-likeness (QED) is 0.724. The summed E-state index contributed by atoms with van der Waals surface area (Å²) in [5, 5.41) is 3.01. The van der Waals surface area contributed by atoms with Crippen LogP contribution in [-0.4, -0.2) is 5.91 Å². The van der Waals surface area contributed by atoms with Crippen LogP contribution in [0.25, 0.3) is 0 Å². The molecular formula is C16H15Br2NO. The fourth-order valence-electron chi connectivity index (χ4n) is 2.17. The standard InChI is InChI=1S/C16H15Br2NO/c1-9-6-12(17)4-5-14(9)16(20)19-15-10(2)7-13(18)8-11(15)3/h4-8H,1-3H3,(H,19,20). The first-order valence-corrected chi connectivity index (χ1v) is 7.81. The Morgan fingerprint density at radius 3 is 2.00 bits per heavy atom. The summed E-state index contributed by atoms with van der Waals surface area (Å²) in [6.07, 6.45) is 0. The molecule has 0 spiro atoms. The lowest BCUT2D eigenvalue weighted by molar-refractivity contribution is 0.102. The molecule has 104 valence electrons. The third-order valence-corrected chi connectivity index (χ3v) is 4.12. The molecule has 2 aromatic rings. The van der Waals surface area contributed by atoms with Crippen molar-refractivity contribution in [1.82, 2.24) is 0 Å². The predicted molar refractivity (Wildman–Crippen MR) is 90.4 cm³/mol. The van der Waals surface area contributed by atoms with Gasteiger partial charge in [-0.05, 0) is 67.8 Å². The summed E-state index contributed by atoms with van der Waals surface area (Å²) in [5.74, 6) is -0.0801. The van der Waals surface area contributed by atoms with Crippen LogP contribution in [0.5, 0.6) is 0 Å². The van der Waals surface area contributed by atoms with Crippen LogP contribution < -0.4 is 5.32 Å². The molecule has 0 radical (unpaired) electrons. The number of aryl methyl sites for hydroxylation is 3. The highest BCUT2D eigenvalue weighted by atomic mass is 79.9. The monoisotopic (exact) mass is 395 g/mol. The van der Waals surface area contributed by atoms with Gasteiger partial charge >= 0.3 is 0 Å². The van der Waals surface area contributed by atoms with Gasteiger partial charge in [0, 0.05) is 20.2 Å². The van der Waals surface area contributed by atoms with Crippen LogP contribution in [0.2, 0.25) is 0 Å². The lowest BCUT2D eigenvalue weighted by atomic mass is 10.1. The molecule has 0 aliphatic rings. The molecule has 2 rings (SSSR count). The minimum atomic E-state index is -0.0801. The van der Waals surface area contributed by atoms with E-state index in [4.69, 9.17) is 0 Å². The van der Waals surface area contributed by atoms with Gasteiger partial charge in [-0.15, -0.1) is 0 Å². The highest BCUT2D eigenvalue weighted by molar-refractivity contribution is 9.10. The fourth-order valence-corrected chi connectivity index (χ4v) is 3.33. The normalized spacial score (nSPS) is 10.4. The highest BCUT2D eigenvalue weighted by Gasteiger charge is 2.12. The van der Waals surface area contributed by atoms with Gasteiger partial charge in [0.25, 0.3) is 5.91 Å². The van der Waals surface area contributed by atoms with E-state index in [1.165, 1.54) is 0 Å². The number of anilines is 1. The van der Waals surface area contributed by atoms with Gasteiger partial charge in [0.15, 0.2) is 0 Å². The minimum Gasteiger partial charge on any atom is -0.321 e. The van der Waals surface area contributed by atoms with E-state index in [-0.39, 0.29) is 5.91 Å². The van der Waals surface area contributed by atoms with Crippen LogP contribution in [0.3, 0.4) is 0 Å². The average Bonchev–Trinajstić information content (AvgIpc) is 2.33. The molecular weight excluding hydrogens is 382 g/mol. The van der Waals surface area contributed by atoms with E-state index in [0.717, 1.165) is 31.3 Å². The van der Waals surface area contributed by atoms with Gasteiger partial charge in [-0.3, -0.25) is 4.79 Å². The Morgan fingerprint density at radius 1 is 0.900 bits per heavy atom. The third kappa shape index (κ3) is 3.30. The zero-order valence-electron chi connectivity index (χ0n) is 11.6. The second kappa shape index (κ2) is 6.10. The third-order valence-electron chi connectivity index (χ3n) is 3.17. The Bertz CT molecular complexity index is 657. The molecule has 0 aliphatic heterocycles. The largest absolute Gasteiger partial charge is 0.321 e.